The molecule has 0 bridgehead atoms. The number of fused-ring (bicyclic) bond motifs is 1. The highest BCUT2D eigenvalue weighted by atomic mass is 32.1. The van der Waals surface area contributed by atoms with Crippen LogP contribution in [0.4, 0.5) is 4.79 Å². The first kappa shape index (κ1) is 17.7. The number of hydrogen-bond donors (Lipinski definition) is 1. The molecule has 1 N–H and O–H groups in total. The van der Waals surface area contributed by atoms with Crippen molar-refractivity contribution in [3.05, 3.63) is 29.3 Å². The molecule has 6 nitrogen and oxygen atoms in total. The quantitative estimate of drug-likeness (QED) is 0.848. The van der Waals surface area contributed by atoms with Crippen molar-refractivity contribution in [2.24, 2.45) is 5.92 Å². The molecule has 2 amide bonds. The topological polar surface area (TPSA) is 71.5 Å². The fourth-order valence-corrected chi connectivity index (χ4v) is 4.26. The van der Waals surface area contributed by atoms with Gasteiger partial charge in [-0.15, -0.1) is 11.3 Å². The average Bonchev–Trinajstić information content (AvgIpc) is 3.24. The van der Waals surface area contributed by atoms with E-state index < -0.39 is 12.0 Å². The molecule has 0 radical (unpaired) electrons. The van der Waals surface area contributed by atoms with Crippen molar-refractivity contribution >= 4 is 33.6 Å². The second kappa shape index (κ2) is 7.39. The van der Waals surface area contributed by atoms with Crippen molar-refractivity contribution in [1.29, 1.82) is 0 Å². The number of methoxy groups -OCH3 is 1. The first-order chi connectivity index (χ1) is 12.0. The summed E-state index contributed by atoms with van der Waals surface area (Å²) in [4.78, 5) is 31.2. The summed E-state index contributed by atoms with van der Waals surface area (Å²) in [6.45, 7) is 4.44. The Morgan fingerprint density at radius 3 is 2.80 bits per heavy atom. The maximum Gasteiger partial charge on any atom is 0.328 e. The van der Waals surface area contributed by atoms with Crippen LogP contribution in [0.1, 0.15) is 37.7 Å². The van der Waals surface area contributed by atoms with E-state index >= 15 is 0 Å². The number of aromatic nitrogens is 1. The maximum absolute atomic E-state index is 12.8. The number of amides is 2. The zero-order chi connectivity index (χ0) is 18.0. The van der Waals surface area contributed by atoms with Crippen molar-refractivity contribution in [1.82, 2.24) is 15.2 Å². The third-order valence-electron chi connectivity index (χ3n) is 4.51. The fourth-order valence-electron chi connectivity index (χ4n) is 3.14. The summed E-state index contributed by atoms with van der Waals surface area (Å²) in [6, 6.07) is 7.08. The van der Waals surface area contributed by atoms with Crippen molar-refractivity contribution < 1.29 is 14.3 Å². The number of nitrogens with zero attached hydrogens (tertiary/aromatic N) is 2. The molecule has 0 saturated carbocycles. The van der Waals surface area contributed by atoms with Gasteiger partial charge in [0.2, 0.25) is 0 Å². The van der Waals surface area contributed by atoms with E-state index in [1.807, 2.05) is 38.1 Å². The van der Waals surface area contributed by atoms with Crippen LogP contribution in [0, 0.1) is 5.92 Å². The van der Waals surface area contributed by atoms with E-state index in [0.717, 1.165) is 28.1 Å². The molecule has 25 heavy (non-hydrogen) atoms. The van der Waals surface area contributed by atoms with Crippen molar-refractivity contribution in [2.75, 3.05) is 13.7 Å². The number of carbonyl (C=O) groups excluding carboxylic acids is 2. The summed E-state index contributed by atoms with van der Waals surface area (Å²) in [5.74, 6) is -0.459. The number of benzene rings is 1. The summed E-state index contributed by atoms with van der Waals surface area (Å²) in [6.07, 6.45) is 1.82. The van der Waals surface area contributed by atoms with Gasteiger partial charge in [-0.1, -0.05) is 26.0 Å². The van der Waals surface area contributed by atoms with Gasteiger partial charge in [-0.2, -0.15) is 0 Å². The zero-order valence-corrected chi connectivity index (χ0v) is 15.5. The van der Waals surface area contributed by atoms with Gasteiger partial charge in [0, 0.05) is 6.54 Å². The number of likely N-dealkylation sites (tertiary alicyclic amines) is 1. The van der Waals surface area contributed by atoms with Gasteiger partial charge in [-0.25, -0.2) is 14.6 Å². The van der Waals surface area contributed by atoms with Gasteiger partial charge in [0.1, 0.15) is 11.0 Å². The second-order valence-electron chi connectivity index (χ2n) is 6.57. The Morgan fingerprint density at radius 1 is 1.36 bits per heavy atom. The van der Waals surface area contributed by atoms with Crippen LogP contribution in [0.2, 0.25) is 0 Å². The molecule has 2 heterocycles. The minimum absolute atomic E-state index is 0.0390. The van der Waals surface area contributed by atoms with Gasteiger partial charge in [-0.3, -0.25) is 0 Å². The Hall–Kier alpha value is -2.15. The number of nitrogens with one attached hydrogen (secondary N) is 1. The Labute approximate surface area is 151 Å². The molecule has 7 heteroatoms. The minimum Gasteiger partial charge on any atom is -0.467 e. The van der Waals surface area contributed by atoms with Gasteiger partial charge in [-0.05, 0) is 30.9 Å². The molecule has 1 fully saturated rings. The van der Waals surface area contributed by atoms with E-state index in [1.54, 1.807) is 16.2 Å². The standard InChI is InChI=1S/C18H23N3O3S/c1-11(2)15(17(22)24-3)20-18(23)21-10-6-8-13(21)16-19-12-7-4-5-9-14(12)25-16/h4-5,7,9,11,13,15H,6,8,10H2,1-3H3,(H,20,23)/t13?,15-/m0/s1. The summed E-state index contributed by atoms with van der Waals surface area (Å²) in [5, 5.41) is 3.78. The Bertz CT molecular complexity index is 741. The van der Waals surface area contributed by atoms with E-state index in [4.69, 9.17) is 9.72 Å². The van der Waals surface area contributed by atoms with E-state index in [1.165, 1.54) is 7.11 Å². The van der Waals surface area contributed by atoms with Crippen molar-refractivity contribution in [2.45, 2.75) is 38.8 Å². The number of hydrogen-bond acceptors (Lipinski definition) is 5. The van der Waals surface area contributed by atoms with Crippen molar-refractivity contribution in [3.8, 4) is 0 Å². The lowest BCUT2D eigenvalue weighted by molar-refractivity contribution is -0.144. The second-order valence-corrected chi connectivity index (χ2v) is 7.63. The van der Waals surface area contributed by atoms with Gasteiger partial charge >= 0.3 is 12.0 Å². The Morgan fingerprint density at radius 2 is 2.12 bits per heavy atom. The molecule has 1 saturated heterocycles. The summed E-state index contributed by atoms with van der Waals surface area (Å²) < 4.78 is 5.93. The van der Waals surface area contributed by atoms with Crippen LogP contribution in [0.3, 0.4) is 0 Å². The molecule has 1 aromatic carbocycles. The zero-order valence-electron chi connectivity index (χ0n) is 14.7. The van der Waals surface area contributed by atoms with Gasteiger partial charge in [0.25, 0.3) is 0 Å². The third kappa shape index (κ3) is 3.61. The number of ether oxygens (including phenoxy) is 1. The number of carbonyl (C=O) groups is 2. The largest absolute Gasteiger partial charge is 0.467 e. The van der Waals surface area contributed by atoms with Crippen LogP contribution in [0.5, 0.6) is 0 Å². The lowest BCUT2D eigenvalue weighted by Gasteiger charge is -2.27. The maximum atomic E-state index is 12.8. The number of para-hydroxylation sites is 1. The summed E-state index contributed by atoms with van der Waals surface area (Å²) in [7, 11) is 1.34. The first-order valence-corrected chi connectivity index (χ1v) is 9.33. The number of rotatable bonds is 4. The molecule has 134 valence electrons. The van der Waals surface area contributed by atoms with Crippen LogP contribution in [-0.4, -0.2) is 41.6 Å². The molecule has 2 aromatic rings. The number of urea groups is 1. The Kier molecular flexibility index (Phi) is 5.22. The number of esters is 1. The van der Waals surface area contributed by atoms with Crippen molar-refractivity contribution in [3.63, 3.8) is 0 Å². The van der Waals surface area contributed by atoms with E-state index in [-0.39, 0.29) is 18.0 Å². The molecule has 1 unspecified atom stereocenters. The number of thiazole rings is 1. The SMILES string of the molecule is COC(=O)[C@@H](NC(=O)N1CCCC1c1nc2ccccc2s1)C(C)C. The predicted molar refractivity (Wildman–Crippen MR) is 97.5 cm³/mol. The molecular weight excluding hydrogens is 338 g/mol. The molecule has 3 rings (SSSR count). The van der Waals surface area contributed by atoms with Gasteiger partial charge in [0.05, 0.1) is 23.4 Å². The highest BCUT2D eigenvalue weighted by Gasteiger charge is 2.35. The summed E-state index contributed by atoms with van der Waals surface area (Å²) >= 11 is 1.63. The predicted octanol–water partition coefficient (Wildman–Crippen LogP) is 3.34. The minimum atomic E-state index is -0.644. The highest BCUT2D eigenvalue weighted by molar-refractivity contribution is 7.18. The third-order valence-corrected chi connectivity index (χ3v) is 5.65. The van der Waals surface area contributed by atoms with Crippen LogP contribution in [-0.2, 0) is 9.53 Å². The van der Waals surface area contributed by atoms with Gasteiger partial charge < -0.3 is 15.0 Å². The molecule has 2 atom stereocenters. The molecule has 1 aliphatic rings. The molecule has 1 aromatic heterocycles. The molecular formula is C18H23N3O3S. The highest BCUT2D eigenvalue weighted by Crippen LogP contribution is 2.36. The normalized spacial score (nSPS) is 18.6. The van der Waals surface area contributed by atoms with Crippen LogP contribution >= 0.6 is 11.3 Å². The van der Waals surface area contributed by atoms with Crippen LogP contribution in [0.25, 0.3) is 10.2 Å². The first-order valence-electron chi connectivity index (χ1n) is 8.51. The van der Waals surface area contributed by atoms with Gasteiger partial charge in [0.15, 0.2) is 0 Å². The van der Waals surface area contributed by atoms with Crippen LogP contribution in [0.15, 0.2) is 24.3 Å². The average molecular weight is 361 g/mol. The monoisotopic (exact) mass is 361 g/mol. The summed E-state index contributed by atoms with van der Waals surface area (Å²) in [5.41, 5.74) is 0.962. The molecule has 0 spiro atoms. The molecule has 0 aliphatic carbocycles. The smallest absolute Gasteiger partial charge is 0.328 e. The van der Waals surface area contributed by atoms with Crippen LogP contribution < -0.4 is 5.32 Å². The Balaban J connectivity index is 1.78. The lowest BCUT2D eigenvalue weighted by atomic mass is 10.1. The van der Waals surface area contributed by atoms with E-state index in [2.05, 4.69) is 5.32 Å². The fraction of sp³-hybridized carbons (Fsp3) is 0.500. The van der Waals surface area contributed by atoms with E-state index in [9.17, 15) is 9.59 Å². The van der Waals surface area contributed by atoms with E-state index in [0.29, 0.717) is 6.54 Å². The molecule has 1 aliphatic heterocycles. The lowest BCUT2D eigenvalue weighted by Crippen LogP contribution is -2.50.